The molecule has 0 radical (unpaired) electrons. The fourth-order valence-corrected chi connectivity index (χ4v) is 1.79. The fourth-order valence-electron chi connectivity index (χ4n) is 1.35. The third-order valence-corrected chi connectivity index (χ3v) is 3.69. The van der Waals surface area contributed by atoms with E-state index in [9.17, 15) is 4.79 Å². The van der Waals surface area contributed by atoms with Crippen LogP contribution in [0.2, 0.25) is 0 Å². The van der Waals surface area contributed by atoms with E-state index in [2.05, 4.69) is 15.9 Å². The Bertz CT molecular complexity index is 347. The van der Waals surface area contributed by atoms with Crippen molar-refractivity contribution in [2.24, 2.45) is 0 Å². The highest BCUT2D eigenvalue weighted by atomic mass is 79.9. The van der Waals surface area contributed by atoms with E-state index in [-0.39, 0.29) is 11.9 Å². The average Bonchev–Trinajstić information content (AvgIpc) is 2.30. The van der Waals surface area contributed by atoms with Crippen LogP contribution >= 0.6 is 15.9 Å². The van der Waals surface area contributed by atoms with E-state index in [1.54, 1.807) is 4.90 Å². The minimum Gasteiger partial charge on any atom is -0.342 e. The molecule has 88 valence electrons. The summed E-state index contributed by atoms with van der Waals surface area (Å²) < 4.78 is 0. The van der Waals surface area contributed by atoms with Crippen LogP contribution in [0, 0.1) is 6.92 Å². The monoisotopic (exact) mass is 283 g/mol. The van der Waals surface area contributed by atoms with Crippen LogP contribution in [0.5, 0.6) is 0 Å². The summed E-state index contributed by atoms with van der Waals surface area (Å²) >= 11 is 3.38. The molecule has 0 spiro atoms. The van der Waals surface area contributed by atoms with Crippen LogP contribution < -0.4 is 0 Å². The van der Waals surface area contributed by atoms with Gasteiger partial charge < -0.3 is 4.90 Å². The molecule has 1 rings (SSSR count). The third kappa shape index (κ3) is 3.63. The molecule has 0 aromatic heterocycles. The van der Waals surface area contributed by atoms with Crippen molar-refractivity contribution in [2.75, 3.05) is 12.4 Å². The first-order valence-corrected chi connectivity index (χ1v) is 6.54. The number of benzene rings is 1. The van der Waals surface area contributed by atoms with Gasteiger partial charge in [-0.2, -0.15) is 0 Å². The van der Waals surface area contributed by atoms with Crippen LogP contribution in [0.15, 0.2) is 24.3 Å². The molecule has 0 aliphatic heterocycles. The summed E-state index contributed by atoms with van der Waals surface area (Å²) in [6.45, 7) is 4.08. The van der Waals surface area contributed by atoms with Gasteiger partial charge in [0.2, 0.25) is 5.91 Å². The van der Waals surface area contributed by atoms with Crippen LogP contribution in [0.3, 0.4) is 0 Å². The van der Waals surface area contributed by atoms with Crippen molar-refractivity contribution in [3.05, 3.63) is 35.4 Å². The minimum atomic E-state index is 0.163. The van der Waals surface area contributed by atoms with Gasteiger partial charge in [-0.05, 0) is 19.4 Å². The molecule has 0 bridgehead atoms. The molecule has 0 saturated carbocycles. The van der Waals surface area contributed by atoms with Gasteiger partial charge in [0.1, 0.15) is 0 Å². The fraction of sp³-hybridized carbons (Fsp3) is 0.462. The summed E-state index contributed by atoms with van der Waals surface area (Å²) in [5.74, 6) is 0.163. The first kappa shape index (κ1) is 13.2. The highest BCUT2D eigenvalue weighted by molar-refractivity contribution is 9.09. The minimum absolute atomic E-state index is 0.163. The number of alkyl halides is 1. The lowest BCUT2D eigenvalue weighted by Crippen LogP contribution is -2.37. The Hall–Kier alpha value is -0.830. The normalized spacial score (nSPS) is 12.2. The zero-order valence-corrected chi connectivity index (χ0v) is 11.6. The van der Waals surface area contributed by atoms with Crippen LogP contribution in [0.4, 0.5) is 0 Å². The molecule has 0 saturated heterocycles. The number of likely N-dealkylation sites (N-methyl/N-ethyl adjacent to an activating group) is 1. The average molecular weight is 284 g/mol. The van der Waals surface area contributed by atoms with Gasteiger partial charge in [0, 0.05) is 18.4 Å². The Kier molecular flexibility index (Phi) is 5.00. The number of aryl methyl sites for hydroxylation is 1. The smallest absolute Gasteiger partial charge is 0.226 e. The topological polar surface area (TPSA) is 20.3 Å². The van der Waals surface area contributed by atoms with Crippen LogP contribution in [0.25, 0.3) is 0 Å². The maximum atomic E-state index is 11.9. The predicted molar refractivity (Wildman–Crippen MR) is 70.9 cm³/mol. The summed E-state index contributed by atoms with van der Waals surface area (Å²) in [4.78, 5) is 13.7. The molecule has 0 heterocycles. The van der Waals surface area contributed by atoms with Gasteiger partial charge in [-0.1, -0.05) is 45.8 Å². The van der Waals surface area contributed by atoms with Crippen molar-refractivity contribution < 1.29 is 4.79 Å². The number of halogens is 1. The van der Waals surface area contributed by atoms with Gasteiger partial charge in [0.25, 0.3) is 0 Å². The Labute approximate surface area is 106 Å². The molecule has 0 fully saturated rings. The van der Waals surface area contributed by atoms with E-state index < -0.39 is 0 Å². The lowest BCUT2D eigenvalue weighted by atomic mass is 10.1. The molecule has 1 aromatic carbocycles. The van der Waals surface area contributed by atoms with E-state index in [1.165, 1.54) is 5.56 Å². The molecule has 1 atom stereocenters. The Morgan fingerprint density at radius 1 is 1.38 bits per heavy atom. The SMILES string of the molecule is Cc1ccc(CC(=O)N(C)C(C)CBr)cc1. The molecule has 0 N–H and O–H groups in total. The first-order valence-electron chi connectivity index (χ1n) is 5.41. The van der Waals surface area contributed by atoms with E-state index >= 15 is 0 Å². The quantitative estimate of drug-likeness (QED) is 0.779. The lowest BCUT2D eigenvalue weighted by molar-refractivity contribution is -0.130. The van der Waals surface area contributed by atoms with Crippen molar-refractivity contribution in [3.63, 3.8) is 0 Å². The Morgan fingerprint density at radius 2 is 1.94 bits per heavy atom. The van der Waals surface area contributed by atoms with E-state index in [1.807, 2.05) is 45.2 Å². The summed E-state index contributed by atoms with van der Waals surface area (Å²) in [6, 6.07) is 8.34. The van der Waals surface area contributed by atoms with Gasteiger partial charge in [-0.25, -0.2) is 0 Å². The van der Waals surface area contributed by atoms with E-state index in [4.69, 9.17) is 0 Å². The highest BCUT2D eigenvalue weighted by Crippen LogP contribution is 2.07. The number of hydrogen-bond donors (Lipinski definition) is 0. The molecule has 16 heavy (non-hydrogen) atoms. The van der Waals surface area contributed by atoms with Gasteiger partial charge in [0.15, 0.2) is 0 Å². The molecule has 0 aliphatic carbocycles. The van der Waals surface area contributed by atoms with Gasteiger partial charge >= 0.3 is 0 Å². The third-order valence-electron chi connectivity index (χ3n) is 2.75. The molecule has 1 unspecified atom stereocenters. The summed E-state index contributed by atoms with van der Waals surface area (Å²) in [5.41, 5.74) is 2.29. The van der Waals surface area contributed by atoms with E-state index in [0.29, 0.717) is 6.42 Å². The van der Waals surface area contributed by atoms with Gasteiger partial charge in [-0.15, -0.1) is 0 Å². The van der Waals surface area contributed by atoms with Crippen LogP contribution in [-0.2, 0) is 11.2 Å². The molecule has 1 amide bonds. The summed E-state index contributed by atoms with van der Waals surface area (Å²) in [6.07, 6.45) is 0.480. The van der Waals surface area contributed by atoms with Gasteiger partial charge in [0.05, 0.1) is 6.42 Å². The number of carbonyl (C=O) groups is 1. The number of amides is 1. The lowest BCUT2D eigenvalue weighted by Gasteiger charge is -2.23. The molecule has 2 nitrogen and oxygen atoms in total. The van der Waals surface area contributed by atoms with Crippen molar-refractivity contribution in [1.29, 1.82) is 0 Å². The maximum Gasteiger partial charge on any atom is 0.226 e. The van der Waals surface area contributed by atoms with Crippen LogP contribution in [-0.4, -0.2) is 29.2 Å². The summed E-state index contributed by atoms with van der Waals surface area (Å²) in [5, 5.41) is 0.809. The Morgan fingerprint density at radius 3 is 2.44 bits per heavy atom. The number of rotatable bonds is 4. The van der Waals surface area contributed by atoms with Crippen molar-refractivity contribution in [3.8, 4) is 0 Å². The predicted octanol–water partition coefficient (Wildman–Crippen LogP) is 2.78. The second-order valence-electron chi connectivity index (χ2n) is 4.17. The first-order chi connectivity index (χ1) is 7.54. The van der Waals surface area contributed by atoms with Crippen molar-refractivity contribution in [2.45, 2.75) is 26.3 Å². The van der Waals surface area contributed by atoms with Crippen molar-refractivity contribution in [1.82, 2.24) is 4.90 Å². The second kappa shape index (κ2) is 6.04. The number of carbonyl (C=O) groups excluding carboxylic acids is 1. The molecular weight excluding hydrogens is 266 g/mol. The molecule has 1 aromatic rings. The molecule has 0 aliphatic rings. The zero-order valence-electron chi connectivity index (χ0n) is 10.0. The highest BCUT2D eigenvalue weighted by Gasteiger charge is 2.14. The second-order valence-corrected chi connectivity index (χ2v) is 4.82. The number of nitrogens with zero attached hydrogens (tertiary/aromatic N) is 1. The number of hydrogen-bond acceptors (Lipinski definition) is 1. The summed E-state index contributed by atoms with van der Waals surface area (Å²) in [7, 11) is 1.85. The van der Waals surface area contributed by atoms with E-state index in [0.717, 1.165) is 10.9 Å². The molecule has 3 heteroatoms. The van der Waals surface area contributed by atoms with Gasteiger partial charge in [-0.3, -0.25) is 4.79 Å². The molecular formula is C13H18BrNO. The standard InChI is InChI=1S/C13H18BrNO/c1-10-4-6-12(7-5-10)8-13(16)15(3)11(2)9-14/h4-7,11H,8-9H2,1-3H3. The zero-order chi connectivity index (χ0) is 12.1. The maximum absolute atomic E-state index is 11.9. The van der Waals surface area contributed by atoms with Crippen LogP contribution in [0.1, 0.15) is 18.1 Å². The Balaban J connectivity index is 2.60. The van der Waals surface area contributed by atoms with Crippen molar-refractivity contribution >= 4 is 21.8 Å². The largest absolute Gasteiger partial charge is 0.342 e.